The van der Waals surface area contributed by atoms with Crippen molar-refractivity contribution >= 4 is 0 Å². The van der Waals surface area contributed by atoms with E-state index < -0.39 is 5.67 Å². The molecule has 1 aromatic rings. The van der Waals surface area contributed by atoms with Gasteiger partial charge in [-0.2, -0.15) is 0 Å². The van der Waals surface area contributed by atoms with Crippen LogP contribution in [0.25, 0.3) is 0 Å². The third kappa shape index (κ3) is 4.78. The molecule has 2 unspecified atom stereocenters. The topological polar surface area (TPSA) is 0 Å². The fourth-order valence-corrected chi connectivity index (χ4v) is 7.12. The molecule has 2 saturated carbocycles. The molecular formula is C28H44F2. The fraction of sp³-hybridized carbons (Fsp3) is 0.786. The molecular weight excluding hydrogens is 374 g/mol. The molecule has 3 aliphatic rings. The Morgan fingerprint density at radius 2 is 1.43 bits per heavy atom. The molecule has 0 saturated heterocycles. The van der Waals surface area contributed by atoms with Gasteiger partial charge in [0.15, 0.2) is 0 Å². The molecule has 2 fully saturated rings. The quantitative estimate of drug-likeness (QED) is 0.458. The van der Waals surface area contributed by atoms with Crippen LogP contribution in [0.15, 0.2) is 12.1 Å². The largest absolute Gasteiger partial charge is 0.239 e. The predicted molar refractivity (Wildman–Crippen MR) is 124 cm³/mol. The van der Waals surface area contributed by atoms with Crippen LogP contribution in [-0.4, -0.2) is 0 Å². The average Bonchev–Trinajstić information content (AvgIpc) is 3.01. The van der Waals surface area contributed by atoms with Crippen molar-refractivity contribution in [1.82, 2.24) is 0 Å². The third-order valence-electron chi connectivity index (χ3n) is 8.58. The summed E-state index contributed by atoms with van der Waals surface area (Å²) in [5, 5.41) is 0. The lowest BCUT2D eigenvalue weighted by Crippen LogP contribution is -2.34. The van der Waals surface area contributed by atoms with Crippen LogP contribution in [0.5, 0.6) is 0 Å². The Morgan fingerprint density at radius 1 is 0.900 bits per heavy atom. The Hall–Kier alpha value is -0.920. The van der Waals surface area contributed by atoms with Gasteiger partial charge in [0.05, 0.1) is 0 Å². The van der Waals surface area contributed by atoms with Gasteiger partial charge in [0, 0.05) is 11.5 Å². The van der Waals surface area contributed by atoms with Gasteiger partial charge in [-0.25, -0.2) is 8.78 Å². The zero-order chi connectivity index (χ0) is 21.9. The maximum Gasteiger partial charge on any atom is 0.139 e. The molecule has 170 valence electrons. The molecule has 2 heteroatoms. The monoisotopic (exact) mass is 418 g/mol. The number of alkyl halides is 1. The molecule has 0 heterocycles. The third-order valence-corrected chi connectivity index (χ3v) is 8.58. The summed E-state index contributed by atoms with van der Waals surface area (Å²) in [6.07, 6.45) is 13.9. The molecule has 0 amide bonds. The standard InChI is InChI=1S/C26H38F2.C2H6/c1-4-5-18-6-8-19(9-7-18)20-10-12-21(13-11-20)23-16-22-14-17(2)15-24(27)25(22)26(23,3)28;1-2/h14-15,18-21,23H,4-13,16H2,1-3H3;1-2H3. The second kappa shape index (κ2) is 10.1. The Morgan fingerprint density at radius 3 is 2.00 bits per heavy atom. The highest BCUT2D eigenvalue weighted by molar-refractivity contribution is 5.42. The number of aryl methyl sites for hydroxylation is 1. The lowest BCUT2D eigenvalue weighted by atomic mass is 9.65. The van der Waals surface area contributed by atoms with E-state index >= 15 is 4.39 Å². The molecule has 0 N–H and O–H groups in total. The van der Waals surface area contributed by atoms with Crippen LogP contribution < -0.4 is 0 Å². The summed E-state index contributed by atoms with van der Waals surface area (Å²) >= 11 is 0. The SMILES string of the molecule is CC.CCCC1CCC(C2CCC(C3Cc4cc(C)cc(F)c4C3(C)F)CC2)CC1. The highest BCUT2D eigenvalue weighted by Gasteiger charge is 2.49. The minimum absolute atomic E-state index is 0.0416. The fourth-order valence-electron chi connectivity index (χ4n) is 7.12. The van der Waals surface area contributed by atoms with E-state index in [-0.39, 0.29) is 11.7 Å². The summed E-state index contributed by atoms with van der Waals surface area (Å²) in [6.45, 7) is 9.86. The predicted octanol–water partition coefficient (Wildman–Crippen LogP) is 8.93. The molecule has 0 aliphatic heterocycles. The molecule has 3 aliphatic carbocycles. The van der Waals surface area contributed by atoms with Gasteiger partial charge in [-0.3, -0.25) is 0 Å². The van der Waals surface area contributed by atoms with Crippen molar-refractivity contribution in [2.45, 2.75) is 111 Å². The van der Waals surface area contributed by atoms with Gasteiger partial charge in [-0.15, -0.1) is 0 Å². The number of rotatable bonds is 4. The van der Waals surface area contributed by atoms with Gasteiger partial charge in [-0.05, 0) is 99.7 Å². The van der Waals surface area contributed by atoms with Crippen molar-refractivity contribution < 1.29 is 8.78 Å². The van der Waals surface area contributed by atoms with Crippen LogP contribution in [0.1, 0.15) is 109 Å². The van der Waals surface area contributed by atoms with E-state index in [4.69, 9.17) is 0 Å². The highest BCUT2D eigenvalue weighted by Crippen LogP contribution is 2.53. The first-order valence-electron chi connectivity index (χ1n) is 12.9. The first-order chi connectivity index (χ1) is 14.4. The van der Waals surface area contributed by atoms with E-state index in [0.717, 1.165) is 48.1 Å². The molecule has 30 heavy (non-hydrogen) atoms. The minimum Gasteiger partial charge on any atom is -0.239 e. The number of fused-ring (bicyclic) bond motifs is 1. The average molecular weight is 419 g/mol. The molecule has 0 spiro atoms. The van der Waals surface area contributed by atoms with Crippen LogP contribution in [-0.2, 0) is 12.1 Å². The molecule has 0 bridgehead atoms. The summed E-state index contributed by atoms with van der Waals surface area (Å²) in [6, 6.07) is 3.52. The van der Waals surface area contributed by atoms with E-state index in [1.165, 1.54) is 57.4 Å². The smallest absolute Gasteiger partial charge is 0.139 e. The van der Waals surface area contributed by atoms with Gasteiger partial charge >= 0.3 is 0 Å². The molecule has 4 rings (SSSR count). The van der Waals surface area contributed by atoms with Crippen LogP contribution >= 0.6 is 0 Å². The van der Waals surface area contributed by atoms with Gasteiger partial charge in [0.2, 0.25) is 0 Å². The summed E-state index contributed by atoms with van der Waals surface area (Å²) in [5.41, 5.74) is 0.682. The number of hydrogen-bond donors (Lipinski definition) is 0. The molecule has 1 aromatic carbocycles. The van der Waals surface area contributed by atoms with Crippen molar-refractivity contribution in [2.75, 3.05) is 0 Å². The van der Waals surface area contributed by atoms with Gasteiger partial charge < -0.3 is 0 Å². The zero-order valence-electron chi connectivity index (χ0n) is 20.1. The summed E-state index contributed by atoms with van der Waals surface area (Å²) < 4.78 is 30.3. The maximum atomic E-state index is 15.8. The number of benzene rings is 1. The van der Waals surface area contributed by atoms with Crippen molar-refractivity contribution in [2.24, 2.45) is 29.6 Å². The lowest BCUT2D eigenvalue weighted by molar-refractivity contribution is 0.0387. The number of halogens is 2. The number of hydrogen-bond acceptors (Lipinski definition) is 0. The van der Waals surface area contributed by atoms with Gasteiger partial charge in [-0.1, -0.05) is 52.5 Å². The summed E-state index contributed by atoms with van der Waals surface area (Å²) in [7, 11) is 0. The molecule has 0 nitrogen and oxygen atoms in total. The van der Waals surface area contributed by atoms with E-state index in [2.05, 4.69) is 6.92 Å². The molecule has 0 radical (unpaired) electrons. The lowest BCUT2D eigenvalue weighted by Gasteiger charge is -2.41. The molecule has 2 atom stereocenters. The van der Waals surface area contributed by atoms with E-state index in [1.807, 2.05) is 26.8 Å². The summed E-state index contributed by atoms with van der Waals surface area (Å²) in [4.78, 5) is 0. The van der Waals surface area contributed by atoms with Crippen LogP contribution in [0, 0.1) is 42.3 Å². The second-order valence-electron chi connectivity index (χ2n) is 10.4. The summed E-state index contributed by atoms with van der Waals surface area (Å²) in [5.74, 6) is 2.77. The van der Waals surface area contributed by atoms with Crippen molar-refractivity contribution in [1.29, 1.82) is 0 Å². The van der Waals surface area contributed by atoms with Gasteiger partial charge in [0.1, 0.15) is 11.5 Å². The van der Waals surface area contributed by atoms with E-state index in [1.54, 1.807) is 6.92 Å². The Bertz CT molecular complexity index is 676. The minimum atomic E-state index is -1.51. The Kier molecular flexibility index (Phi) is 8.02. The molecule has 0 aromatic heterocycles. The normalized spacial score (nSPS) is 36.0. The van der Waals surface area contributed by atoms with Crippen LogP contribution in [0.2, 0.25) is 0 Å². The van der Waals surface area contributed by atoms with Gasteiger partial charge in [0.25, 0.3) is 0 Å². The zero-order valence-corrected chi connectivity index (χ0v) is 20.1. The van der Waals surface area contributed by atoms with Crippen molar-refractivity contribution in [3.05, 3.63) is 34.6 Å². The maximum absolute atomic E-state index is 15.8. The van der Waals surface area contributed by atoms with Crippen LogP contribution in [0.3, 0.4) is 0 Å². The van der Waals surface area contributed by atoms with Crippen molar-refractivity contribution in [3.63, 3.8) is 0 Å². The Labute approximate surface area is 184 Å². The van der Waals surface area contributed by atoms with Crippen molar-refractivity contribution in [3.8, 4) is 0 Å². The van der Waals surface area contributed by atoms with Crippen LogP contribution in [0.4, 0.5) is 8.78 Å². The first-order valence-corrected chi connectivity index (χ1v) is 12.9. The Balaban J connectivity index is 0.00000124. The second-order valence-corrected chi connectivity index (χ2v) is 10.4. The van der Waals surface area contributed by atoms with E-state index in [0.29, 0.717) is 11.5 Å². The van der Waals surface area contributed by atoms with E-state index in [9.17, 15) is 4.39 Å². The highest BCUT2D eigenvalue weighted by atomic mass is 19.1. The first kappa shape index (κ1) is 23.7.